The zero-order chi connectivity index (χ0) is 31.6. The van der Waals surface area contributed by atoms with E-state index in [-0.39, 0.29) is 5.78 Å². The Hall–Kier alpha value is -3.84. The Bertz CT molecular complexity index is 2100. The van der Waals surface area contributed by atoms with Crippen LogP contribution in [0.4, 0.5) is 0 Å². The van der Waals surface area contributed by atoms with E-state index in [0.29, 0.717) is 10.9 Å². The maximum Gasteiger partial charge on any atom is 0.163 e. The molecule has 0 unspecified atom stereocenters. The number of aryl methyl sites for hydroxylation is 2. The summed E-state index contributed by atoms with van der Waals surface area (Å²) in [6.07, 6.45) is 1.73. The van der Waals surface area contributed by atoms with Gasteiger partial charge in [0, 0.05) is 40.1 Å². The quantitative estimate of drug-likeness (QED) is 0.175. The Kier molecular flexibility index (Phi) is 7.43. The number of hydrogen-bond donors (Lipinski definition) is 0. The van der Waals surface area contributed by atoms with Gasteiger partial charge in [-0.1, -0.05) is 48.0 Å². The molecule has 5 nitrogen and oxygen atoms in total. The van der Waals surface area contributed by atoms with Gasteiger partial charge in [0.15, 0.2) is 5.78 Å². The molecule has 7 rings (SSSR count). The molecule has 0 spiro atoms. The number of carbonyl (C=O) groups excluding carboxylic acids is 1. The highest BCUT2D eigenvalue weighted by molar-refractivity contribution is 7.22. The van der Waals surface area contributed by atoms with Crippen molar-refractivity contribution in [3.05, 3.63) is 94.6 Å². The van der Waals surface area contributed by atoms with Crippen molar-refractivity contribution in [2.24, 2.45) is 7.05 Å². The first-order valence-corrected chi connectivity index (χ1v) is 16.6. The van der Waals surface area contributed by atoms with E-state index >= 15 is 0 Å². The monoisotopic (exact) mass is 633 g/mol. The van der Waals surface area contributed by atoms with Crippen molar-refractivity contribution in [3.63, 3.8) is 0 Å². The van der Waals surface area contributed by atoms with Gasteiger partial charge in [-0.3, -0.25) is 9.48 Å². The van der Waals surface area contributed by atoms with Gasteiger partial charge in [0.2, 0.25) is 0 Å². The molecule has 0 amide bonds. The summed E-state index contributed by atoms with van der Waals surface area (Å²) in [6, 6.07) is 25.2. The number of rotatable bonds is 7. The van der Waals surface area contributed by atoms with Crippen LogP contribution in [-0.2, 0) is 16.6 Å². The third-order valence-electron chi connectivity index (χ3n) is 8.45. The third-order valence-corrected chi connectivity index (χ3v) is 9.84. The molecule has 0 bridgehead atoms. The van der Waals surface area contributed by atoms with Gasteiger partial charge in [-0.15, -0.1) is 11.3 Å². The summed E-state index contributed by atoms with van der Waals surface area (Å²) in [5.74, 6) is 0.549. The van der Waals surface area contributed by atoms with Crippen LogP contribution >= 0.6 is 22.9 Å². The number of Topliss-reactive ketones (excluding diaryl/α,β-unsaturated/α-hetero) is 1. The second-order valence-corrected chi connectivity index (χ2v) is 14.6. The normalized spacial score (nSPS) is 14.4. The lowest BCUT2D eigenvalue weighted by molar-refractivity contribution is -0.138. The molecule has 4 aromatic carbocycles. The Balaban J connectivity index is 1.37. The minimum absolute atomic E-state index is 0.0320. The van der Waals surface area contributed by atoms with Gasteiger partial charge in [-0.2, -0.15) is 5.10 Å². The summed E-state index contributed by atoms with van der Waals surface area (Å²) in [7, 11) is 2.03. The first-order chi connectivity index (χ1) is 21.5. The third kappa shape index (κ3) is 5.71. The van der Waals surface area contributed by atoms with E-state index in [9.17, 15) is 4.79 Å². The number of benzene rings is 4. The van der Waals surface area contributed by atoms with Crippen molar-refractivity contribution in [1.82, 2.24) is 14.8 Å². The van der Waals surface area contributed by atoms with E-state index in [1.165, 1.54) is 35.0 Å². The molecule has 228 valence electrons. The topological polar surface area (TPSA) is 57.0 Å². The lowest BCUT2D eigenvalue weighted by Gasteiger charge is -2.29. The highest BCUT2D eigenvalue weighted by Crippen LogP contribution is 2.46. The van der Waals surface area contributed by atoms with Crippen molar-refractivity contribution in [2.45, 2.75) is 65.1 Å². The van der Waals surface area contributed by atoms with Gasteiger partial charge < -0.3 is 4.74 Å². The molecule has 7 heteroatoms. The highest BCUT2D eigenvalue weighted by Gasteiger charge is 2.31. The second-order valence-electron chi connectivity index (χ2n) is 13.2. The summed E-state index contributed by atoms with van der Waals surface area (Å²) >= 11 is 7.95. The molecule has 0 N–H and O–H groups in total. The predicted molar refractivity (Wildman–Crippen MR) is 186 cm³/mol. The number of ether oxygens (including phenoxy) is 1. The molecule has 2 aromatic heterocycles. The lowest BCUT2D eigenvalue weighted by atomic mass is 9.90. The van der Waals surface area contributed by atoms with Crippen LogP contribution in [0, 0.1) is 6.92 Å². The molecule has 1 atom stereocenters. The number of fused-ring (bicyclic) bond motifs is 2. The Morgan fingerprint density at radius 2 is 1.67 bits per heavy atom. The number of halogens is 1. The molecule has 6 aromatic rings. The molecule has 1 aliphatic rings. The van der Waals surface area contributed by atoms with Gasteiger partial charge in [-0.25, -0.2) is 4.98 Å². The van der Waals surface area contributed by atoms with Gasteiger partial charge in [0.1, 0.15) is 11.1 Å². The molecule has 0 radical (unpaired) electrons. The van der Waals surface area contributed by atoms with Crippen molar-refractivity contribution in [1.29, 1.82) is 0 Å². The van der Waals surface area contributed by atoms with Crippen LogP contribution in [-0.4, -0.2) is 26.1 Å². The molecule has 0 aliphatic heterocycles. The Labute approximate surface area is 272 Å². The zero-order valence-electron chi connectivity index (χ0n) is 26.4. The highest BCUT2D eigenvalue weighted by atomic mass is 35.5. The van der Waals surface area contributed by atoms with Gasteiger partial charge in [-0.05, 0) is 106 Å². The molecule has 2 heterocycles. The summed E-state index contributed by atoms with van der Waals surface area (Å²) in [4.78, 5) is 18.3. The minimum Gasteiger partial charge on any atom is -0.360 e. The zero-order valence-corrected chi connectivity index (χ0v) is 28.0. The molecular formula is C38H36ClN3O2S. The Morgan fingerprint density at radius 3 is 2.36 bits per heavy atom. The van der Waals surface area contributed by atoms with Crippen LogP contribution in [0.5, 0.6) is 0 Å². The molecule has 1 aliphatic carbocycles. The summed E-state index contributed by atoms with van der Waals surface area (Å²) in [5, 5.41) is 7.68. The number of hydrogen-bond acceptors (Lipinski definition) is 5. The predicted octanol–water partition coefficient (Wildman–Crippen LogP) is 10.5. The maximum absolute atomic E-state index is 13.1. The fourth-order valence-corrected chi connectivity index (χ4v) is 7.48. The number of ketones is 1. The summed E-state index contributed by atoms with van der Waals surface area (Å²) < 4.78 is 9.44. The average Bonchev–Trinajstić information content (AvgIpc) is 3.67. The van der Waals surface area contributed by atoms with Crippen molar-refractivity contribution < 1.29 is 9.53 Å². The second kappa shape index (κ2) is 11.2. The van der Waals surface area contributed by atoms with Crippen LogP contribution in [0.2, 0.25) is 5.02 Å². The van der Waals surface area contributed by atoms with E-state index < -0.39 is 11.7 Å². The first kappa shape index (κ1) is 29.8. The fraction of sp³-hybridized carbons (Fsp3) is 0.289. The van der Waals surface area contributed by atoms with Crippen molar-refractivity contribution in [2.75, 3.05) is 0 Å². The van der Waals surface area contributed by atoms with Gasteiger partial charge >= 0.3 is 0 Å². The number of nitrogens with zero attached hydrogens (tertiary/aromatic N) is 3. The minimum atomic E-state index is -0.711. The number of carbonyl (C=O) groups is 1. The molecular weight excluding hydrogens is 598 g/mol. The molecule has 1 saturated carbocycles. The van der Waals surface area contributed by atoms with Crippen molar-refractivity contribution >= 4 is 49.8 Å². The average molecular weight is 634 g/mol. The van der Waals surface area contributed by atoms with E-state index in [4.69, 9.17) is 26.4 Å². The largest absolute Gasteiger partial charge is 0.360 e. The van der Waals surface area contributed by atoms with E-state index in [2.05, 4.69) is 48.5 Å². The number of thiazole rings is 1. The van der Waals surface area contributed by atoms with Crippen LogP contribution in [0.15, 0.2) is 72.8 Å². The molecule has 0 saturated heterocycles. The van der Waals surface area contributed by atoms with Crippen LogP contribution in [0.1, 0.15) is 69.4 Å². The van der Waals surface area contributed by atoms with Crippen LogP contribution in [0.25, 0.3) is 53.9 Å². The van der Waals surface area contributed by atoms with Gasteiger partial charge in [0.05, 0.1) is 27.0 Å². The van der Waals surface area contributed by atoms with Crippen LogP contribution in [0.3, 0.4) is 0 Å². The number of aromatic nitrogens is 3. The molecule has 45 heavy (non-hydrogen) atoms. The van der Waals surface area contributed by atoms with Crippen LogP contribution < -0.4 is 0 Å². The SMILES string of the molecule is CC(=O)[C@@H](OC(C)(C)C)c1c(C)cc2nc(-c3cccc(-c4ccc5c(c4)c(C4CC4)nn5C)c3)sc2c1-c1ccc(Cl)cc1. The first-order valence-electron chi connectivity index (χ1n) is 15.4. The van der Waals surface area contributed by atoms with Gasteiger partial charge in [0.25, 0.3) is 0 Å². The van der Waals surface area contributed by atoms with E-state index in [1.54, 1.807) is 18.3 Å². The standard InChI is InChI=1S/C38H36ClN3O2S/c1-21-18-30-36(33(23-12-15-28(39)16-13-23)32(21)35(22(2)43)44-38(3,4)5)45-37(40-30)27-9-7-8-25(19-27)26-14-17-31-29(20-26)34(24-10-11-24)41-42(31)6/h7-9,12-20,24,35H,10-11H2,1-6H3/t35-/m1/s1. The Morgan fingerprint density at radius 1 is 0.978 bits per heavy atom. The summed E-state index contributed by atoms with van der Waals surface area (Å²) in [5.41, 5.74) is 9.95. The fourth-order valence-electron chi connectivity index (χ4n) is 6.24. The smallest absolute Gasteiger partial charge is 0.163 e. The molecule has 1 fully saturated rings. The van der Waals surface area contributed by atoms with Crippen molar-refractivity contribution in [3.8, 4) is 32.8 Å². The maximum atomic E-state index is 13.1. The van der Waals surface area contributed by atoms with E-state index in [0.717, 1.165) is 48.6 Å². The van der Waals surface area contributed by atoms with E-state index in [1.807, 2.05) is 63.7 Å². The lowest BCUT2D eigenvalue weighted by Crippen LogP contribution is -2.27. The summed E-state index contributed by atoms with van der Waals surface area (Å²) in [6.45, 7) is 9.59.